The number of nitrogens with one attached hydrogen (secondary N) is 1. The van der Waals surface area contributed by atoms with Gasteiger partial charge in [-0.15, -0.1) is 0 Å². The summed E-state index contributed by atoms with van der Waals surface area (Å²) in [5.41, 5.74) is 0. The van der Waals surface area contributed by atoms with Crippen molar-refractivity contribution in [2.45, 2.75) is 6.42 Å². The SMILES string of the molecule is CN(C)S(=O)(=O)N1CCN(C(=O)C2CNC(=O)C2)CC1. The summed E-state index contributed by atoms with van der Waals surface area (Å²) in [7, 11) is -0.437. The van der Waals surface area contributed by atoms with E-state index in [2.05, 4.69) is 5.32 Å². The first kappa shape index (κ1) is 15.2. The molecule has 2 aliphatic rings. The molecule has 0 aromatic carbocycles. The Kier molecular flexibility index (Phi) is 4.31. The molecule has 0 aliphatic carbocycles. The minimum atomic E-state index is -3.41. The number of piperazine rings is 1. The maximum atomic E-state index is 12.2. The van der Waals surface area contributed by atoms with Crippen molar-refractivity contribution < 1.29 is 18.0 Å². The van der Waals surface area contributed by atoms with E-state index in [1.54, 1.807) is 4.90 Å². The summed E-state index contributed by atoms with van der Waals surface area (Å²) < 4.78 is 26.5. The highest BCUT2D eigenvalue weighted by molar-refractivity contribution is 7.86. The molecule has 114 valence electrons. The lowest BCUT2D eigenvalue weighted by Crippen LogP contribution is -2.54. The number of amides is 2. The predicted octanol–water partition coefficient (Wildman–Crippen LogP) is -1.93. The highest BCUT2D eigenvalue weighted by atomic mass is 32.2. The third-order valence-electron chi connectivity index (χ3n) is 3.66. The number of carbonyl (C=O) groups is 2. The standard InChI is InChI=1S/C11H20N4O4S/c1-13(2)20(18,19)15-5-3-14(4-6-15)11(17)9-7-10(16)12-8-9/h9H,3-8H2,1-2H3,(H,12,16). The van der Waals surface area contributed by atoms with Gasteiger partial charge in [-0.25, -0.2) is 0 Å². The second-order valence-corrected chi connectivity index (χ2v) is 7.36. The molecule has 1 unspecified atom stereocenters. The zero-order valence-electron chi connectivity index (χ0n) is 11.7. The van der Waals surface area contributed by atoms with Crippen LogP contribution in [0.5, 0.6) is 0 Å². The molecule has 20 heavy (non-hydrogen) atoms. The molecule has 9 heteroatoms. The van der Waals surface area contributed by atoms with E-state index in [4.69, 9.17) is 0 Å². The van der Waals surface area contributed by atoms with Crippen LogP contribution in [-0.4, -0.2) is 80.6 Å². The highest BCUT2D eigenvalue weighted by Crippen LogP contribution is 2.16. The second kappa shape index (κ2) is 5.66. The molecule has 2 amide bonds. The third kappa shape index (κ3) is 2.94. The summed E-state index contributed by atoms with van der Waals surface area (Å²) in [4.78, 5) is 25.0. The van der Waals surface area contributed by atoms with Gasteiger partial charge in [0.2, 0.25) is 11.8 Å². The Balaban J connectivity index is 1.91. The number of rotatable bonds is 3. The maximum Gasteiger partial charge on any atom is 0.281 e. The van der Waals surface area contributed by atoms with Gasteiger partial charge in [0.25, 0.3) is 10.2 Å². The highest BCUT2D eigenvalue weighted by Gasteiger charge is 2.35. The van der Waals surface area contributed by atoms with E-state index in [1.165, 1.54) is 22.7 Å². The summed E-state index contributed by atoms with van der Waals surface area (Å²) in [5, 5.41) is 2.64. The van der Waals surface area contributed by atoms with Crippen LogP contribution >= 0.6 is 0 Å². The summed E-state index contributed by atoms with van der Waals surface area (Å²) in [6.45, 7) is 1.71. The lowest BCUT2D eigenvalue weighted by molar-refractivity contribution is -0.137. The lowest BCUT2D eigenvalue weighted by Gasteiger charge is -2.36. The van der Waals surface area contributed by atoms with E-state index >= 15 is 0 Å². The van der Waals surface area contributed by atoms with Crippen LogP contribution in [0.1, 0.15) is 6.42 Å². The number of nitrogens with zero attached hydrogens (tertiary/aromatic N) is 3. The van der Waals surface area contributed by atoms with E-state index in [1.807, 2.05) is 0 Å². The Labute approximate surface area is 118 Å². The predicted molar refractivity (Wildman–Crippen MR) is 71.9 cm³/mol. The molecule has 2 rings (SSSR count). The molecule has 0 radical (unpaired) electrons. The molecule has 8 nitrogen and oxygen atoms in total. The van der Waals surface area contributed by atoms with Crippen molar-refractivity contribution in [3.05, 3.63) is 0 Å². The Bertz CT molecular complexity index is 497. The fourth-order valence-corrected chi connectivity index (χ4v) is 3.49. The molecule has 0 aromatic rings. The van der Waals surface area contributed by atoms with Crippen LogP contribution in [0, 0.1) is 5.92 Å². The smallest absolute Gasteiger partial charge is 0.281 e. The normalized spacial score (nSPS) is 25.1. The number of hydrogen-bond donors (Lipinski definition) is 1. The molecular weight excluding hydrogens is 284 g/mol. The Morgan fingerprint density at radius 2 is 1.85 bits per heavy atom. The summed E-state index contributed by atoms with van der Waals surface area (Å²) in [6.07, 6.45) is 0.231. The van der Waals surface area contributed by atoms with Gasteiger partial charge in [-0.3, -0.25) is 9.59 Å². The molecule has 1 N–H and O–H groups in total. The quantitative estimate of drug-likeness (QED) is 0.658. The van der Waals surface area contributed by atoms with Crippen LogP contribution in [0.2, 0.25) is 0 Å². The van der Waals surface area contributed by atoms with Gasteiger partial charge in [-0.2, -0.15) is 17.0 Å². The first-order valence-corrected chi connectivity index (χ1v) is 7.95. The van der Waals surface area contributed by atoms with Crippen LogP contribution in [0.3, 0.4) is 0 Å². The van der Waals surface area contributed by atoms with Gasteiger partial charge >= 0.3 is 0 Å². The average molecular weight is 304 g/mol. The zero-order valence-corrected chi connectivity index (χ0v) is 12.5. The van der Waals surface area contributed by atoms with E-state index in [9.17, 15) is 18.0 Å². The zero-order chi connectivity index (χ0) is 14.9. The largest absolute Gasteiger partial charge is 0.355 e. The molecule has 0 bridgehead atoms. The molecule has 1 atom stereocenters. The van der Waals surface area contributed by atoms with Crippen LogP contribution in [0.4, 0.5) is 0 Å². The molecule has 2 heterocycles. The van der Waals surface area contributed by atoms with Crippen molar-refractivity contribution in [1.82, 2.24) is 18.8 Å². The number of hydrogen-bond acceptors (Lipinski definition) is 4. The Morgan fingerprint density at radius 3 is 2.30 bits per heavy atom. The van der Waals surface area contributed by atoms with Gasteiger partial charge in [0.05, 0.1) is 5.92 Å². The fourth-order valence-electron chi connectivity index (χ4n) is 2.41. The average Bonchev–Trinajstić information content (AvgIpc) is 2.84. The minimum absolute atomic E-state index is 0.0646. The van der Waals surface area contributed by atoms with Crippen LogP contribution in [0.15, 0.2) is 0 Å². The van der Waals surface area contributed by atoms with Gasteiger partial charge < -0.3 is 10.2 Å². The van der Waals surface area contributed by atoms with Gasteiger partial charge in [-0.05, 0) is 0 Å². The van der Waals surface area contributed by atoms with Crippen molar-refractivity contribution in [1.29, 1.82) is 0 Å². The van der Waals surface area contributed by atoms with E-state index in [0.717, 1.165) is 0 Å². The van der Waals surface area contributed by atoms with Gasteiger partial charge in [0.1, 0.15) is 0 Å². The molecule has 0 spiro atoms. The third-order valence-corrected chi connectivity index (χ3v) is 5.61. The summed E-state index contributed by atoms with van der Waals surface area (Å²) in [6, 6.07) is 0. The van der Waals surface area contributed by atoms with Crippen molar-refractivity contribution in [3.8, 4) is 0 Å². The first-order chi connectivity index (χ1) is 9.32. The van der Waals surface area contributed by atoms with Gasteiger partial charge in [0, 0.05) is 53.2 Å². The first-order valence-electron chi connectivity index (χ1n) is 6.55. The number of carbonyl (C=O) groups excluding carboxylic acids is 2. The van der Waals surface area contributed by atoms with E-state index in [0.29, 0.717) is 32.7 Å². The van der Waals surface area contributed by atoms with E-state index < -0.39 is 10.2 Å². The molecule has 0 aromatic heterocycles. The maximum absolute atomic E-state index is 12.2. The van der Waals surface area contributed by atoms with E-state index in [-0.39, 0.29) is 24.2 Å². The molecule has 2 saturated heterocycles. The van der Waals surface area contributed by atoms with Crippen molar-refractivity contribution in [3.63, 3.8) is 0 Å². The molecular formula is C11H20N4O4S. The van der Waals surface area contributed by atoms with Crippen LogP contribution < -0.4 is 5.32 Å². The Morgan fingerprint density at radius 1 is 1.25 bits per heavy atom. The lowest BCUT2D eigenvalue weighted by atomic mass is 10.1. The van der Waals surface area contributed by atoms with Gasteiger partial charge in [-0.1, -0.05) is 0 Å². The summed E-state index contributed by atoms with van der Waals surface area (Å²) in [5.74, 6) is -0.470. The molecule has 2 fully saturated rings. The van der Waals surface area contributed by atoms with Crippen LogP contribution in [0.25, 0.3) is 0 Å². The summed E-state index contributed by atoms with van der Waals surface area (Å²) >= 11 is 0. The van der Waals surface area contributed by atoms with Gasteiger partial charge in [0.15, 0.2) is 0 Å². The van der Waals surface area contributed by atoms with Crippen molar-refractivity contribution in [2.75, 3.05) is 46.8 Å². The van der Waals surface area contributed by atoms with Crippen molar-refractivity contribution >= 4 is 22.0 Å². The molecule has 0 saturated carbocycles. The fraction of sp³-hybridized carbons (Fsp3) is 0.818. The second-order valence-electron chi connectivity index (χ2n) is 5.22. The van der Waals surface area contributed by atoms with Crippen molar-refractivity contribution in [2.24, 2.45) is 5.92 Å². The van der Waals surface area contributed by atoms with Crippen LogP contribution in [-0.2, 0) is 19.8 Å². The molecule has 2 aliphatic heterocycles. The minimum Gasteiger partial charge on any atom is -0.355 e. The topological polar surface area (TPSA) is 90.0 Å². The Hall–Kier alpha value is -1.19. The monoisotopic (exact) mass is 304 g/mol.